The highest BCUT2D eigenvalue weighted by Crippen LogP contribution is 2.35. The molecule has 0 saturated carbocycles. The summed E-state index contributed by atoms with van der Waals surface area (Å²) in [4.78, 5) is 16.5. The summed E-state index contributed by atoms with van der Waals surface area (Å²) in [5.41, 5.74) is 3.20. The number of nitrogens with zero attached hydrogens (tertiary/aromatic N) is 2. The fourth-order valence-electron chi connectivity index (χ4n) is 3.21. The first-order valence-corrected chi connectivity index (χ1v) is 9.54. The summed E-state index contributed by atoms with van der Waals surface area (Å²) in [6.07, 6.45) is 0. The third-order valence-corrected chi connectivity index (χ3v) is 5.21. The number of anilines is 1. The van der Waals surface area contributed by atoms with E-state index >= 15 is 0 Å². The van der Waals surface area contributed by atoms with Gasteiger partial charge < -0.3 is 15.0 Å². The highest BCUT2D eigenvalue weighted by atomic mass is 35.5. The van der Waals surface area contributed by atoms with Gasteiger partial charge in [-0.1, -0.05) is 23.7 Å². The smallest absolute Gasteiger partial charge is 0.253 e. The molecule has 0 aliphatic carbocycles. The number of hydrogen-bond donors (Lipinski definition) is 1. The van der Waals surface area contributed by atoms with Crippen LogP contribution in [-0.4, -0.2) is 37.1 Å². The van der Waals surface area contributed by atoms with Crippen molar-refractivity contribution in [3.63, 3.8) is 0 Å². The highest BCUT2D eigenvalue weighted by molar-refractivity contribution is 7.80. The average molecular weight is 416 g/mol. The average Bonchev–Trinajstić information content (AvgIpc) is 2.68. The van der Waals surface area contributed by atoms with Crippen molar-refractivity contribution < 1.29 is 9.53 Å². The van der Waals surface area contributed by atoms with Crippen LogP contribution in [0.4, 0.5) is 5.69 Å². The van der Waals surface area contributed by atoms with Crippen LogP contribution in [0.15, 0.2) is 59.8 Å². The summed E-state index contributed by atoms with van der Waals surface area (Å²) >= 11 is 11.7. The van der Waals surface area contributed by atoms with Gasteiger partial charge in [0.05, 0.1) is 18.7 Å². The third kappa shape index (κ3) is 3.84. The minimum absolute atomic E-state index is 0.0778. The molecule has 1 amide bonds. The molecule has 1 aliphatic rings. The van der Waals surface area contributed by atoms with E-state index in [1.807, 2.05) is 60.4 Å². The number of methoxy groups -OCH3 is 1. The largest absolute Gasteiger partial charge is 0.497 e. The van der Waals surface area contributed by atoms with Crippen LogP contribution in [0.5, 0.6) is 5.75 Å². The molecule has 0 aromatic heterocycles. The second-order valence-corrected chi connectivity index (χ2v) is 7.49. The molecule has 7 heteroatoms. The molecule has 0 bridgehead atoms. The second kappa shape index (κ2) is 8.20. The lowest BCUT2D eigenvalue weighted by Crippen LogP contribution is -2.49. The van der Waals surface area contributed by atoms with Gasteiger partial charge in [-0.3, -0.25) is 9.69 Å². The molecule has 1 heterocycles. The molecule has 0 spiro atoms. The van der Waals surface area contributed by atoms with Crippen molar-refractivity contribution in [3.8, 4) is 5.75 Å². The lowest BCUT2D eigenvalue weighted by atomic mass is 9.94. The first-order chi connectivity index (χ1) is 13.3. The number of carbonyl (C=O) groups is 1. The van der Waals surface area contributed by atoms with Crippen LogP contribution in [0, 0.1) is 0 Å². The maximum absolute atomic E-state index is 13.1. The number of allylic oxidation sites excluding steroid dienone is 1. The van der Waals surface area contributed by atoms with E-state index in [0.29, 0.717) is 15.7 Å². The van der Waals surface area contributed by atoms with E-state index in [1.54, 1.807) is 26.1 Å². The van der Waals surface area contributed by atoms with Gasteiger partial charge in [0, 0.05) is 30.5 Å². The number of ether oxygens (including phenoxy) is 1. The molecule has 28 heavy (non-hydrogen) atoms. The van der Waals surface area contributed by atoms with Gasteiger partial charge in [0.25, 0.3) is 5.91 Å². The number of thiocarbonyl (C=S) groups is 1. The van der Waals surface area contributed by atoms with Gasteiger partial charge in [-0.05, 0) is 61.1 Å². The SMILES string of the molecule is COc1ccc(N2C(=S)N[C@@H](c3ccc(Cl)cc3)C(C(=O)N(C)C)=C2C)cc1. The predicted molar refractivity (Wildman–Crippen MR) is 117 cm³/mol. The number of amides is 1. The zero-order valence-corrected chi connectivity index (χ0v) is 17.8. The first-order valence-electron chi connectivity index (χ1n) is 8.76. The van der Waals surface area contributed by atoms with Crippen LogP contribution >= 0.6 is 23.8 Å². The fourth-order valence-corrected chi connectivity index (χ4v) is 3.69. The number of carbonyl (C=O) groups excluding carboxylic acids is 1. The van der Waals surface area contributed by atoms with Crippen LogP contribution in [0.25, 0.3) is 0 Å². The Morgan fingerprint density at radius 3 is 2.29 bits per heavy atom. The Kier molecular flexibility index (Phi) is 5.91. The van der Waals surface area contributed by atoms with Crippen molar-refractivity contribution >= 4 is 40.5 Å². The summed E-state index contributed by atoms with van der Waals surface area (Å²) < 4.78 is 5.23. The summed E-state index contributed by atoms with van der Waals surface area (Å²) in [5.74, 6) is 0.677. The highest BCUT2D eigenvalue weighted by Gasteiger charge is 2.35. The standard InChI is InChI=1S/C21H22ClN3O2S/c1-13-18(20(26)24(2)3)19(14-5-7-15(22)8-6-14)23-21(28)25(13)16-9-11-17(27-4)12-10-16/h5-12,19H,1-4H3,(H,23,28)/t19-/m0/s1. The molecule has 2 aromatic carbocycles. The molecule has 5 nitrogen and oxygen atoms in total. The van der Waals surface area contributed by atoms with E-state index in [1.165, 1.54) is 0 Å². The Bertz CT molecular complexity index is 924. The Labute approximate surface area is 175 Å². The normalized spacial score (nSPS) is 16.7. The molecule has 2 aromatic rings. The van der Waals surface area contributed by atoms with Gasteiger partial charge in [0.2, 0.25) is 0 Å². The van der Waals surface area contributed by atoms with Crippen LogP contribution in [0.1, 0.15) is 18.5 Å². The first kappa shape index (κ1) is 20.2. The number of nitrogens with one attached hydrogen (secondary N) is 1. The topological polar surface area (TPSA) is 44.8 Å². The number of hydrogen-bond acceptors (Lipinski definition) is 3. The molecule has 1 N–H and O–H groups in total. The summed E-state index contributed by atoms with van der Waals surface area (Å²) in [6, 6.07) is 14.6. The molecule has 146 valence electrons. The predicted octanol–water partition coefficient (Wildman–Crippen LogP) is 4.15. The molecule has 0 saturated heterocycles. The number of likely N-dealkylation sites (N-methyl/N-ethyl adjacent to an activating group) is 1. The van der Waals surface area contributed by atoms with Crippen molar-refractivity contribution in [2.75, 3.05) is 26.1 Å². The number of halogens is 1. The molecule has 1 atom stereocenters. The van der Waals surface area contributed by atoms with Crippen molar-refractivity contribution in [2.24, 2.45) is 0 Å². The molecule has 0 radical (unpaired) electrons. The van der Waals surface area contributed by atoms with E-state index < -0.39 is 0 Å². The van der Waals surface area contributed by atoms with E-state index in [9.17, 15) is 4.79 Å². The Balaban J connectivity index is 2.12. The lowest BCUT2D eigenvalue weighted by Gasteiger charge is -2.38. The third-order valence-electron chi connectivity index (χ3n) is 4.66. The molecular formula is C21H22ClN3O2S. The van der Waals surface area contributed by atoms with Crippen LogP contribution in [-0.2, 0) is 4.79 Å². The van der Waals surface area contributed by atoms with E-state index in [-0.39, 0.29) is 11.9 Å². The maximum atomic E-state index is 13.1. The lowest BCUT2D eigenvalue weighted by molar-refractivity contribution is -0.125. The van der Waals surface area contributed by atoms with Crippen LogP contribution in [0.2, 0.25) is 5.02 Å². The van der Waals surface area contributed by atoms with E-state index in [2.05, 4.69) is 5.32 Å². The van der Waals surface area contributed by atoms with Gasteiger partial charge in [-0.2, -0.15) is 0 Å². The maximum Gasteiger partial charge on any atom is 0.253 e. The number of benzene rings is 2. The zero-order chi connectivity index (χ0) is 20.4. The monoisotopic (exact) mass is 415 g/mol. The Morgan fingerprint density at radius 1 is 1.14 bits per heavy atom. The van der Waals surface area contributed by atoms with Crippen LogP contribution in [0.3, 0.4) is 0 Å². The minimum Gasteiger partial charge on any atom is -0.497 e. The number of rotatable bonds is 4. The van der Waals surface area contributed by atoms with Gasteiger partial charge in [0.1, 0.15) is 5.75 Å². The van der Waals surface area contributed by atoms with Crippen molar-refractivity contribution in [3.05, 3.63) is 70.4 Å². The van der Waals surface area contributed by atoms with Crippen molar-refractivity contribution in [2.45, 2.75) is 13.0 Å². The quantitative estimate of drug-likeness (QED) is 0.760. The molecule has 3 rings (SSSR count). The summed E-state index contributed by atoms with van der Waals surface area (Å²) in [5, 5.41) is 4.49. The van der Waals surface area contributed by atoms with E-state index in [4.69, 9.17) is 28.6 Å². The van der Waals surface area contributed by atoms with Crippen molar-refractivity contribution in [1.29, 1.82) is 0 Å². The zero-order valence-electron chi connectivity index (χ0n) is 16.2. The minimum atomic E-state index is -0.353. The Hall–Kier alpha value is -2.57. The van der Waals surface area contributed by atoms with Gasteiger partial charge in [-0.25, -0.2) is 0 Å². The molecule has 0 unspecified atom stereocenters. The van der Waals surface area contributed by atoms with Gasteiger partial charge in [0.15, 0.2) is 5.11 Å². The molecular weight excluding hydrogens is 394 g/mol. The summed E-state index contributed by atoms with van der Waals surface area (Å²) in [6.45, 7) is 1.91. The van der Waals surface area contributed by atoms with Gasteiger partial charge >= 0.3 is 0 Å². The van der Waals surface area contributed by atoms with Crippen LogP contribution < -0.4 is 15.0 Å². The molecule has 1 aliphatic heterocycles. The summed E-state index contributed by atoms with van der Waals surface area (Å²) in [7, 11) is 5.11. The molecule has 0 fully saturated rings. The van der Waals surface area contributed by atoms with Crippen molar-refractivity contribution in [1.82, 2.24) is 10.2 Å². The van der Waals surface area contributed by atoms with Gasteiger partial charge in [-0.15, -0.1) is 0 Å². The fraction of sp³-hybridized carbons (Fsp3) is 0.238. The van der Waals surface area contributed by atoms with E-state index in [0.717, 1.165) is 22.7 Å². The Morgan fingerprint density at radius 2 is 1.75 bits per heavy atom. The second-order valence-electron chi connectivity index (χ2n) is 6.67.